The Balaban J connectivity index is 2.39. The van der Waals surface area contributed by atoms with Gasteiger partial charge in [0.05, 0.1) is 11.3 Å². The molecule has 0 atom stereocenters. The van der Waals surface area contributed by atoms with Gasteiger partial charge in [-0.1, -0.05) is 24.3 Å². The van der Waals surface area contributed by atoms with Gasteiger partial charge in [-0.05, 0) is 43.4 Å². The zero-order chi connectivity index (χ0) is 17.1. The zero-order valence-electron chi connectivity index (χ0n) is 13.4. The predicted molar refractivity (Wildman–Crippen MR) is 89.1 cm³/mol. The molecule has 1 aromatic carbocycles. The van der Waals surface area contributed by atoms with Crippen LogP contribution in [0, 0.1) is 6.92 Å². The average molecular weight is 315 g/mol. The Hall–Kier alpha value is -2.56. The van der Waals surface area contributed by atoms with Crippen LogP contribution >= 0.6 is 0 Å². The Morgan fingerprint density at radius 1 is 1.43 bits per heavy atom. The van der Waals surface area contributed by atoms with Gasteiger partial charge in [-0.25, -0.2) is 4.79 Å². The van der Waals surface area contributed by atoms with E-state index in [4.69, 9.17) is 15.6 Å². The largest absolute Gasteiger partial charge is 0.481 e. The van der Waals surface area contributed by atoms with Gasteiger partial charge in [0.2, 0.25) is 0 Å². The van der Waals surface area contributed by atoms with Crippen LogP contribution in [0.25, 0.3) is 6.08 Å². The zero-order valence-corrected chi connectivity index (χ0v) is 13.4. The number of hydrogen-bond acceptors (Lipinski definition) is 4. The molecule has 1 heterocycles. The smallest absolute Gasteiger partial charge is 0.341 e. The number of cyclic esters (lactones) is 1. The second-order valence-corrected chi connectivity index (χ2v) is 5.71. The van der Waals surface area contributed by atoms with Gasteiger partial charge in [-0.15, -0.1) is 0 Å². The summed E-state index contributed by atoms with van der Waals surface area (Å²) >= 11 is 0. The molecule has 0 radical (unpaired) electrons. The maximum Gasteiger partial charge on any atom is 0.341 e. The number of allylic oxidation sites excluding steroid dienone is 2. The number of nitrogen functional groups attached to an aromatic ring is 1. The van der Waals surface area contributed by atoms with Gasteiger partial charge in [0.1, 0.15) is 6.61 Å². The molecule has 0 spiro atoms. The second kappa shape index (κ2) is 6.69. The molecule has 0 aromatic heterocycles. The van der Waals surface area contributed by atoms with Crippen molar-refractivity contribution in [2.75, 3.05) is 5.73 Å². The van der Waals surface area contributed by atoms with Crippen molar-refractivity contribution in [3.8, 4) is 0 Å². The molecule has 122 valence electrons. The van der Waals surface area contributed by atoms with Gasteiger partial charge in [-0.2, -0.15) is 0 Å². The van der Waals surface area contributed by atoms with Crippen molar-refractivity contribution in [3.63, 3.8) is 0 Å². The van der Waals surface area contributed by atoms with Crippen molar-refractivity contribution in [2.45, 2.75) is 39.7 Å². The summed E-state index contributed by atoms with van der Waals surface area (Å²) in [5, 5.41) is 8.73. The third-order valence-electron chi connectivity index (χ3n) is 4.22. The molecule has 5 nitrogen and oxygen atoms in total. The molecule has 0 saturated heterocycles. The van der Waals surface area contributed by atoms with Gasteiger partial charge in [0, 0.05) is 12.0 Å². The van der Waals surface area contributed by atoms with E-state index in [1.807, 2.05) is 19.9 Å². The van der Waals surface area contributed by atoms with E-state index in [9.17, 15) is 9.59 Å². The standard InChI is InChI=1S/C18H21NO4/c1-4-12-11(3)14-9-23-18(22)16(14)17(19)13(12)7-5-10(2)6-8-15(20)21/h4-5H,1,6-9,19H2,2-3H3,(H,20,21). The quantitative estimate of drug-likeness (QED) is 0.478. The molecule has 1 aromatic rings. The molecule has 2 rings (SSSR count). The highest BCUT2D eigenvalue weighted by atomic mass is 16.5. The molecular weight excluding hydrogens is 294 g/mol. The molecule has 0 aliphatic carbocycles. The first-order valence-corrected chi connectivity index (χ1v) is 7.47. The molecule has 0 saturated carbocycles. The minimum Gasteiger partial charge on any atom is -0.481 e. The number of benzene rings is 1. The number of fused-ring (bicyclic) bond motifs is 1. The van der Waals surface area contributed by atoms with E-state index in [1.54, 1.807) is 6.08 Å². The maximum absolute atomic E-state index is 11.9. The lowest BCUT2D eigenvalue weighted by atomic mass is 9.89. The number of carboxylic acid groups (broad SMARTS) is 1. The summed E-state index contributed by atoms with van der Waals surface area (Å²) in [7, 11) is 0. The SMILES string of the molecule is C=Cc1c(C)c2c(c(N)c1CC=C(C)CCC(=O)O)C(=O)OC2. The lowest BCUT2D eigenvalue weighted by molar-refractivity contribution is -0.136. The molecule has 0 unspecified atom stereocenters. The second-order valence-electron chi connectivity index (χ2n) is 5.71. The topological polar surface area (TPSA) is 89.6 Å². The van der Waals surface area contributed by atoms with Crippen molar-refractivity contribution in [1.29, 1.82) is 0 Å². The Morgan fingerprint density at radius 3 is 2.74 bits per heavy atom. The first-order valence-electron chi connectivity index (χ1n) is 7.47. The highest BCUT2D eigenvalue weighted by Gasteiger charge is 2.29. The molecule has 3 N–H and O–H groups in total. The van der Waals surface area contributed by atoms with Crippen LogP contribution in [0.4, 0.5) is 5.69 Å². The van der Waals surface area contributed by atoms with E-state index in [-0.39, 0.29) is 19.0 Å². The fraction of sp³-hybridized carbons (Fsp3) is 0.333. The molecule has 23 heavy (non-hydrogen) atoms. The Morgan fingerprint density at radius 2 is 2.13 bits per heavy atom. The molecule has 5 heteroatoms. The van der Waals surface area contributed by atoms with Crippen molar-refractivity contribution < 1.29 is 19.4 Å². The molecule has 0 fully saturated rings. The lowest BCUT2D eigenvalue weighted by Gasteiger charge is -2.15. The first-order chi connectivity index (χ1) is 10.9. The summed E-state index contributed by atoms with van der Waals surface area (Å²) in [5.74, 6) is -1.20. The Bertz CT molecular complexity index is 716. The summed E-state index contributed by atoms with van der Waals surface area (Å²) in [4.78, 5) is 22.5. The highest BCUT2D eigenvalue weighted by Crippen LogP contribution is 2.36. The third-order valence-corrected chi connectivity index (χ3v) is 4.22. The summed E-state index contributed by atoms with van der Waals surface area (Å²) in [6.45, 7) is 7.92. The fourth-order valence-electron chi connectivity index (χ4n) is 2.84. The van der Waals surface area contributed by atoms with Crippen LogP contribution in [0.5, 0.6) is 0 Å². The highest BCUT2D eigenvalue weighted by molar-refractivity contribution is 6.01. The van der Waals surface area contributed by atoms with Gasteiger partial charge in [0.25, 0.3) is 0 Å². The monoisotopic (exact) mass is 315 g/mol. The minimum absolute atomic E-state index is 0.0989. The number of hydrogen-bond donors (Lipinski definition) is 2. The number of esters is 1. The summed E-state index contributed by atoms with van der Waals surface area (Å²) in [6.07, 6.45) is 4.81. The predicted octanol–water partition coefficient (Wildman–Crippen LogP) is 3.24. The molecule has 0 bridgehead atoms. The van der Waals surface area contributed by atoms with Crippen molar-refractivity contribution in [2.24, 2.45) is 0 Å². The third kappa shape index (κ3) is 3.28. The molecule has 0 amide bonds. The minimum atomic E-state index is -0.819. The van der Waals surface area contributed by atoms with E-state index < -0.39 is 5.97 Å². The van der Waals surface area contributed by atoms with E-state index in [0.29, 0.717) is 24.1 Å². The molecule has 1 aliphatic heterocycles. The average Bonchev–Trinajstić information content (AvgIpc) is 2.89. The van der Waals surface area contributed by atoms with Crippen LogP contribution < -0.4 is 5.73 Å². The van der Waals surface area contributed by atoms with Crippen LogP contribution in [0.2, 0.25) is 0 Å². The van der Waals surface area contributed by atoms with Crippen LogP contribution in [-0.4, -0.2) is 17.0 Å². The normalized spacial score (nSPS) is 13.7. The number of ether oxygens (including phenoxy) is 1. The van der Waals surface area contributed by atoms with Crippen LogP contribution in [0.15, 0.2) is 18.2 Å². The van der Waals surface area contributed by atoms with Crippen LogP contribution in [-0.2, 0) is 22.6 Å². The number of carboxylic acids is 1. The fourth-order valence-corrected chi connectivity index (χ4v) is 2.84. The first kappa shape index (κ1) is 16.8. The van der Waals surface area contributed by atoms with Crippen molar-refractivity contribution in [3.05, 3.63) is 46.0 Å². The Labute approximate surface area is 135 Å². The molecule has 1 aliphatic rings. The van der Waals surface area contributed by atoms with E-state index >= 15 is 0 Å². The van der Waals surface area contributed by atoms with Crippen LogP contribution in [0.3, 0.4) is 0 Å². The van der Waals surface area contributed by atoms with Crippen molar-refractivity contribution in [1.82, 2.24) is 0 Å². The number of anilines is 1. The summed E-state index contributed by atoms with van der Waals surface area (Å²) < 4.78 is 5.10. The van der Waals surface area contributed by atoms with E-state index in [1.165, 1.54) is 0 Å². The number of carbonyl (C=O) groups is 2. The van der Waals surface area contributed by atoms with Gasteiger partial charge in [-0.3, -0.25) is 4.79 Å². The maximum atomic E-state index is 11.9. The molecular formula is C18H21NO4. The van der Waals surface area contributed by atoms with Gasteiger partial charge in [0.15, 0.2) is 0 Å². The number of rotatable bonds is 6. The van der Waals surface area contributed by atoms with Gasteiger partial charge >= 0.3 is 11.9 Å². The van der Waals surface area contributed by atoms with Gasteiger partial charge < -0.3 is 15.6 Å². The number of aliphatic carboxylic acids is 1. The van der Waals surface area contributed by atoms with Crippen molar-refractivity contribution >= 4 is 23.7 Å². The van der Waals surface area contributed by atoms with Crippen LogP contribution in [0.1, 0.15) is 52.4 Å². The van der Waals surface area contributed by atoms with E-state index in [2.05, 4.69) is 6.58 Å². The summed E-state index contributed by atoms with van der Waals surface area (Å²) in [6, 6.07) is 0. The number of nitrogens with two attached hydrogens (primary N) is 1. The lowest BCUT2D eigenvalue weighted by Crippen LogP contribution is -2.08. The Kier molecular flexibility index (Phi) is 4.89. The van der Waals surface area contributed by atoms with E-state index in [0.717, 1.165) is 27.8 Å². The number of carbonyl (C=O) groups excluding carboxylic acids is 1. The summed E-state index contributed by atoms with van der Waals surface area (Å²) in [5.41, 5.74) is 11.6.